The van der Waals surface area contributed by atoms with Gasteiger partial charge in [0, 0.05) is 11.7 Å². The molecule has 2 N–H and O–H groups in total. The van der Waals surface area contributed by atoms with Gasteiger partial charge in [0.25, 0.3) is 0 Å². The fourth-order valence-electron chi connectivity index (χ4n) is 2.47. The van der Waals surface area contributed by atoms with E-state index in [2.05, 4.69) is 10.3 Å². The SMILES string of the molecule is Cc1cc(C)c(C(=O)O)c(NC2CCCC2)n1. The van der Waals surface area contributed by atoms with Crippen LogP contribution in [0, 0.1) is 13.8 Å². The normalized spacial score (nSPS) is 16.1. The molecule has 1 aliphatic carbocycles. The quantitative estimate of drug-likeness (QED) is 0.844. The summed E-state index contributed by atoms with van der Waals surface area (Å²) in [6, 6.07) is 2.19. The molecule has 1 aliphatic rings. The summed E-state index contributed by atoms with van der Waals surface area (Å²) in [7, 11) is 0. The van der Waals surface area contributed by atoms with Gasteiger partial charge in [0.2, 0.25) is 0 Å². The monoisotopic (exact) mass is 234 g/mol. The van der Waals surface area contributed by atoms with Crippen molar-refractivity contribution < 1.29 is 9.90 Å². The summed E-state index contributed by atoms with van der Waals surface area (Å²) >= 11 is 0. The molecule has 1 aromatic heterocycles. The van der Waals surface area contributed by atoms with E-state index in [0.29, 0.717) is 17.4 Å². The second kappa shape index (κ2) is 4.73. The van der Waals surface area contributed by atoms with Crippen LogP contribution in [0.1, 0.15) is 47.3 Å². The van der Waals surface area contributed by atoms with Crippen LogP contribution < -0.4 is 5.32 Å². The van der Waals surface area contributed by atoms with Crippen LogP contribution in [0.25, 0.3) is 0 Å². The Bertz CT molecular complexity index is 437. The Morgan fingerprint density at radius 3 is 2.65 bits per heavy atom. The molecule has 1 saturated carbocycles. The summed E-state index contributed by atoms with van der Waals surface area (Å²) in [5.74, 6) is -0.377. The number of hydrogen-bond acceptors (Lipinski definition) is 3. The summed E-state index contributed by atoms with van der Waals surface area (Å²) < 4.78 is 0. The van der Waals surface area contributed by atoms with Crippen molar-refractivity contribution in [3.63, 3.8) is 0 Å². The van der Waals surface area contributed by atoms with Crippen molar-refractivity contribution in [2.45, 2.75) is 45.6 Å². The van der Waals surface area contributed by atoms with Crippen LogP contribution in [0.3, 0.4) is 0 Å². The maximum atomic E-state index is 11.2. The fraction of sp³-hybridized carbons (Fsp3) is 0.538. The van der Waals surface area contributed by atoms with Crippen molar-refractivity contribution >= 4 is 11.8 Å². The number of carbonyl (C=O) groups is 1. The van der Waals surface area contributed by atoms with E-state index in [9.17, 15) is 9.90 Å². The van der Waals surface area contributed by atoms with E-state index >= 15 is 0 Å². The van der Waals surface area contributed by atoms with Crippen molar-refractivity contribution in [2.24, 2.45) is 0 Å². The molecule has 2 rings (SSSR count). The number of nitrogens with zero attached hydrogens (tertiary/aromatic N) is 1. The van der Waals surface area contributed by atoms with Gasteiger partial charge in [-0.05, 0) is 38.3 Å². The first-order chi connectivity index (χ1) is 8.08. The van der Waals surface area contributed by atoms with Gasteiger partial charge in [-0.1, -0.05) is 12.8 Å². The number of aromatic nitrogens is 1. The Balaban J connectivity index is 2.32. The van der Waals surface area contributed by atoms with Gasteiger partial charge in [0.15, 0.2) is 0 Å². The van der Waals surface area contributed by atoms with E-state index in [1.807, 2.05) is 19.9 Å². The van der Waals surface area contributed by atoms with E-state index in [4.69, 9.17) is 0 Å². The zero-order valence-electron chi connectivity index (χ0n) is 10.3. The highest BCUT2D eigenvalue weighted by Gasteiger charge is 2.20. The molecule has 0 spiro atoms. The molecule has 0 aromatic carbocycles. The molecule has 0 saturated heterocycles. The van der Waals surface area contributed by atoms with Crippen molar-refractivity contribution in [3.05, 3.63) is 22.9 Å². The van der Waals surface area contributed by atoms with Gasteiger partial charge in [-0.15, -0.1) is 0 Å². The van der Waals surface area contributed by atoms with Crippen molar-refractivity contribution in [3.8, 4) is 0 Å². The lowest BCUT2D eigenvalue weighted by molar-refractivity contribution is 0.0697. The van der Waals surface area contributed by atoms with E-state index in [1.165, 1.54) is 12.8 Å². The number of nitrogens with one attached hydrogen (secondary N) is 1. The van der Waals surface area contributed by atoms with Crippen molar-refractivity contribution in [1.82, 2.24) is 4.98 Å². The third-order valence-electron chi connectivity index (χ3n) is 3.25. The molecule has 1 heterocycles. The lowest BCUT2D eigenvalue weighted by atomic mass is 10.1. The molecule has 0 bridgehead atoms. The molecule has 17 heavy (non-hydrogen) atoms. The molecule has 0 aliphatic heterocycles. The summed E-state index contributed by atoms with van der Waals surface area (Å²) in [6.07, 6.45) is 4.64. The van der Waals surface area contributed by atoms with Crippen LogP contribution in [0.2, 0.25) is 0 Å². The van der Waals surface area contributed by atoms with E-state index < -0.39 is 5.97 Å². The van der Waals surface area contributed by atoms with Gasteiger partial charge in [-0.25, -0.2) is 9.78 Å². The Hall–Kier alpha value is -1.58. The van der Waals surface area contributed by atoms with Crippen LogP contribution in [0.4, 0.5) is 5.82 Å². The predicted octanol–water partition coefficient (Wildman–Crippen LogP) is 2.75. The molecule has 0 atom stereocenters. The first kappa shape index (κ1) is 11.9. The molecular formula is C13H18N2O2. The zero-order chi connectivity index (χ0) is 12.4. The predicted molar refractivity (Wildman–Crippen MR) is 66.5 cm³/mol. The molecule has 4 heteroatoms. The highest BCUT2D eigenvalue weighted by atomic mass is 16.4. The number of carboxylic acid groups (broad SMARTS) is 1. The fourth-order valence-corrected chi connectivity index (χ4v) is 2.47. The number of aromatic carboxylic acids is 1. The Morgan fingerprint density at radius 2 is 2.06 bits per heavy atom. The Morgan fingerprint density at radius 1 is 1.41 bits per heavy atom. The lowest BCUT2D eigenvalue weighted by Crippen LogP contribution is -2.19. The van der Waals surface area contributed by atoms with Crippen molar-refractivity contribution in [2.75, 3.05) is 5.32 Å². The summed E-state index contributed by atoms with van der Waals surface area (Å²) in [5.41, 5.74) is 1.93. The van der Waals surface area contributed by atoms with Gasteiger partial charge in [-0.2, -0.15) is 0 Å². The zero-order valence-corrected chi connectivity index (χ0v) is 10.3. The van der Waals surface area contributed by atoms with Crippen molar-refractivity contribution in [1.29, 1.82) is 0 Å². The Labute approximate surface area is 101 Å². The molecule has 1 fully saturated rings. The Kier molecular flexibility index (Phi) is 3.31. The van der Waals surface area contributed by atoms with Gasteiger partial charge < -0.3 is 10.4 Å². The van der Waals surface area contributed by atoms with Gasteiger partial charge in [-0.3, -0.25) is 0 Å². The number of pyridine rings is 1. The van der Waals surface area contributed by atoms with Crippen LogP contribution in [-0.2, 0) is 0 Å². The number of hydrogen-bond donors (Lipinski definition) is 2. The maximum absolute atomic E-state index is 11.2. The van der Waals surface area contributed by atoms with E-state index in [-0.39, 0.29) is 0 Å². The van der Waals surface area contributed by atoms with Gasteiger partial charge in [0.05, 0.1) is 0 Å². The highest BCUT2D eigenvalue weighted by molar-refractivity contribution is 5.94. The first-order valence-electron chi connectivity index (χ1n) is 6.06. The number of aryl methyl sites for hydroxylation is 2. The molecule has 0 unspecified atom stereocenters. The summed E-state index contributed by atoms with van der Waals surface area (Å²) in [4.78, 5) is 15.6. The van der Waals surface area contributed by atoms with Crippen LogP contribution in [-0.4, -0.2) is 22.1 Å². The minimum absolute atomic E-state index is 0.308. The average molecular weight is 234 g/mol. The number of anilines is 1. The second-order valence-electron chi connectivity index (χ2n) is 4.74. The molecule has 1 aromatic rings. The standard InChI is InChI=1S/C13H18N2O2/c1-8-7-9(2)14-12(11(8)13(16)17)15-10-5-3-4-6-10/h7,10H,3-6H2,1-2H3,(H,14,15)(H,16,17). The van der Waals surface area contributed by atoms with Gasteiger partial charge in [0.1, 0.15) is 11.4 Å². The second-order valence-corrected chi connectivity index (χ2v) is 4.74. The molecule has 0 amide bonds. The smallest absolute Gasteiger partial charge is 0.339 e. The molecule has 92 valence electrons. The van der Waals surface area contributed by atoms with E-state index in [1.54, 1.807) is 0 Å². The van der Waals surface area contributed by atoms with Crippen LogP contribution >= 0.6 is 0 Å². The third-order valence-corrected chi connectivity index (χ3v) is 3.25. The maximum Gasteiger partial charge on any atom is 0.339 e. The molecule has 0 radical (unpaired) electrons. The minimum atomic E-state index is -0.907. The average Bonchev–Trinajstić information content (AvgIpc) is 2.68. The molecular weight excluding hydrogens is 216 g/mol. The number of carboxylic acids is 1. The van der Waals surface area contributed by atoms with Crippen LogP contribution in [0.5, 0.6) is 0 Å². The van der Waals surface area contributed by atoms with Crippen LogP contribution in [0.15, 0.2) is 6.07 Å². The molecule has 4 nitrogen and oxygen atoms in total. The largest absolute Gasteiger partial charge is 0.478 e. The summed E-state index contributed by atoms with van der Waals surface area (Å²) in [5, 5.41) is 12.5. The first-order valence-corrected chi connectivity index (χ1v) is 6.06. The minimum Gasteiger partial charge on any atom is -0.478 e. The van der Waals surface area contributed by atoms with Gasteiger partial charge >= 0.3 is 5.97 Å². The topological polar surface area (TPSA) is 62.2 Å². The summed E-state index contributed by atoms with van der Waals surface area (Å²) in [6.45, 7) is 3.70. The third kappa shape index (κ3) is 2.57. The highest BCUT2D eigenvalue weighted by Crippen LogP contribution is 2.25. The number of rotatable bonds is 3. The lowest BCUT2D eigenvalue weighted by Gasteiger charge is -2.16. The van der Waals surface area contributed by atoms with E-state index in [0.717, 1.165) is 24.1 Å².